The van der Waals surface area contributed by atoms with E-state index in [1.165, 1.54) is 0 Å². The summed E-state index contributed by atoms with van der Waals surface area (Å²) < 4.78 is 5.73. The fourth-order valence-corrected chi connectivity index (χ4v) is 2.33. The van der Waals surface area contributed by atoms with Gasteiger partial charge in [-0.2, -0.15) is 0 Å². The minimum Gasteiger partial charge on any atom is -0.457 e. The Bertz CT molecular complexity index is 749. The van der Waals surface area contributed by atoms with Crippen LogP contribution in [0, 0.1) is 0 Å². The lowest BCUT2D eigenvalue weighted by atomic mass is 9.92. The van der Waals surface area contributed by atoms with Gasteiger partial charge in [0.15, 0.2) is 0 Å². The first-order valence-corrected chi connectivity index (χ1v) is 7.81. The summed E-state index contributed by atoms with van der Waals surface area (Å²) in [6.07, 6.45) is -0.708. The monoisotopic (exact) mass is 340 g/mol. The van der Waals surface area contributed by atoms with E-state index >= 15 is 0 Å². The van der Waals surface area contributed by atoms with Gasteiger partial charge in [-0.1, -0.05) is 23.4 Å². The lowest BCUT2D eigenvalue weighted by molar-refractivity contribution is -0.130. The highest BCUT2D eigenvalue weighted by Crippen LogP contribution is 2.23. The number of oxime groups is 1. The summed E-state index contributed by atoms with van der Waals surface area (Å²) >= 11 is 0. The molecule has 1 aliphatic rings. The predicted octanol–water partition coefficient (Wildman–Crippen LogP) is 1.10. The minimum absolute atomic E-state index is 0.250. The molecule has 7 nitrogen and oxygen atoms in total. The summed E-state index contributed by atoms with van der Waals surface area (Å²) in [6, 6.07) is 16.8. The molecule has 0 radical (unpaired) electrons. The van der Waals surface area contributed by atoms with Gasteiger partial charge in [0.25, 0.3) is 5.91 Å². The van der Waals surface area contributed by atoms with Gasteiger partial charge in [0, 0.05) is 6.42 Å². The molecular weight excluding hydrogens is 323 g/mol. The summed E-state index contributed by atoms with van der Waals surface area (Å²) in [5.41, 5.74) is 1.48. The molecule has 1 amide bonds. The molecule has 1 atom stereocenters. The summed E-state index contributed by atoms with van der Waals surface area (Å²) in [5, 5.41) is 23.8. The Labute approximate surface area is 145 Å². The van der Waals surface area contributed by atoms with Crippen LogP contribution in [-0.2, 0) is 9.63 Å². The second kappa shape index (κ2) is 7.82. The van der Waals surface area contributed by atoms with E-state index in [4.69, 9.17) is 19.6 Å². The van der Waals surface area contributed by atoms with Gasteiger partial charge in [0.2, 0.25) is 6.10 Å². The number of nitrogens with zero attached hydrogens (tertiary/aromatic N) is 1. The van der Waals surface area contributed by atoms with Crippen LogP contribution in [-0.4, -0.2) is 41.3 Å². The van der Waals surface area contributed by atoms with E-state index in [2.05, 4.69) is 10.5 Å². The van der Waals surface area contributed by atoms with E-state index in [1.54, 1.807) is 0 Å². The highest BCUT2D eigenvalue weighted by molar-refractivity contribution is 6.41. The third kappa shape index (κ3) is 4.59. The van der Waals surface area contributed by atoms with E-state index in [-0.39, 0.29) is 6.44 Å². The van der Waals surface area contributed by atoms with E-state index in [0.29, 0.717) is 17.9 Å². The second-order valence-corrected chi connectivity index (χ2v) is 5.50. The number of hydrogen-bond donors (Lipinski definition) is 3. The standard InChI is InChI=1S/C17H17BN2O5/c21-17(19-11-18(22)23)16-10-15(20-25-16)12-6-8-14(9-7-12)24-13-4-2-1-3-5-13/h1-9,16,22-23H,10-11H2,(H,19,21). The van der Waals surface area contributed by atoms with Crippen molar-refractivity contribution in [3.63, 3.8) is 0 Å². The molecule has 0 saturated carbocycles. The third-order valence-electron chi connectivity index (χ3n) is 3.59. The molecule has 0 saturated heterocycles. The van der Waals surface area contributed by atoms with Crippen LogP contribution in [0.4, 0.5) is 0 Å². The Hall–Kier alpha value is -2.84. The molecule has 1 unspecified atom stereocenters. The van der Waals surface area contributed by atoms with Gasteiger partial charge in [-0.05, 0) is 42.0 Å². The van der Waals surface area contributed by atoms with Crippen molar-refractivity contribution in [2.75, 3.05) is 6.44 Å². The summed E-state index contributed by atoms with van der Waals surface area (Å²) in [4.78, 5) is 17.0. The van der Waals surface area contributed by atoms with Crippen LogP contribution < -0.4 is 10.1 Å². The van der Waals surface area contributed by atoms with E-state index in [1.807, 2.05) is 54.6 Å². The lowest BCUT2D eigenvalue weighted by Gasteiger charge is -2.09. The van der Waals surface area contributed by atoms with E-state index in [0.717, 1.165) is 11.3 Å². The molecule has 1 heterocycles. The Morgan fingerprint density at radius 3 is 2.52 bits per heavy atom. The maximum Gasteiger partial charge on any atom is 0.472 e. The lowest BCUT2D eigenvalue weighted by Crippen LogP contribution is -2.41. The van der Waals surface area contributed by atoms with Crippen molar-refractivity contribution in [1.82, 2.24) is 5.32 Å². The van der Waals surface area contributed by atoms with Crippen molar-refractivity contribution < 1.29 is 24.4 Å². The van der Waals surface area contributed by atoms with Gasteiger partial charge < -0.3 is 24.9 Å². The summed E-state index contributed by atoms with van der Waals surface area (Å²) in [7, 11) is -1.59. The van der Waals surface area contributed by atoms with Crippen LogP contribution in [0.3, 0.4) is 0 Å². The molecule has 8 heteroatoms. The zero-order valence-electron chi connectivity index (χ0n) is 13.3. The maximum atomic E-state index is 11.8. The number of ether oxygens (including phenoxy) is 1. The first kappa shape index (κ1) is 17.0. The van der Waals surface area contributed by atoms with Crippen LogP contribution in [0.1, 0.15) is 12.0 Å². The largest absolute Gasteiger partial charge is 0.472 e. The fourth-order valence-electron chi connectivity index (χ4n) is 2.33. The van der Waals surface area contributed by atoms with Crippen molar-refractivity contribution >= 4 is 18.7 Å². The van der Waals surface area contributed by atoms with Crippen molar-refractivity contribution in [1.29, 1.82) is 0 Å². The molecule has 2 aromatic carbocycles. The van der Waals surface area contributed by atoms with Crippen molar-refractivity contribution in [3.05, 3.63) is 60.2 Å². The molecule has 0 aliphatic carbocycles. The number of para-hydroxylation sites is 1. The topological polar surface area (TPSA) is 100 Å². The van der Waals surface area contributed by atoms with Gasteiger partial charge in [-0.15, -0.1) is 0 Å². The average molecular weight is 340 g/mol. The second-order valence-electron chi connectivity index (χ2n) is 5.50. The predicted molar refractivity (Wildman–Crippen MR) is 92.2 cm³/mol. The summed E-state index contributed by atoms with van der Waals surface area (Å²) in [5.74, 6) is 1.01. The van der Waals surface area contributed by atoms with Crippen LogP contribution in [0.15, 0.2) is 59.8 Å². The highest BCUT2D eigenvalue weighted by atomic mass is 16.6. The van der Waals surface area contributed by atoms with Gasteiger partial charge in [0.1, 0.15) is 11.5 Å². The zero-order chi connectivity index (χ0) is 17.6. The molecule has 3 N–H and O–H groups in total. The van der Waals surface area contributed by atoms with Crippen LogP contribution in [0.5, 0.6) is 11.5 Å². The van der Waals surface area contributed by atoms with Crippen LogP contribution in [0.2, 0.25) is 0 Å². The Balaban J connectivity index is 1.57. The Morgan fingerprint density at radius 1 is 1.16 bits per heavy atom. The number of carbonyl (C=O) groups excluding carboxylic acids is 1. The minimum atomic E-state index is -1.59. The molecule has 1 aliphatic heterocycles. The molecule has 0 fully saturated rings. The molecule has 128 valence electrons. The first-order valence-electron chi connectivity index (χ1n) is 7.81. The van der Waals surface area contributed by atoms with Crippen molar-refractivity contribution in [2.45, 2.75) is 12.5 Å². The molecule has 2 aromatic rings. The molecule has 25 heavy (non-hydrogen) atoms. The van der Waals surface area contributed by atoms with E-state index in [9.17, 15) is 4.79 Å². The van der Waals surface area contributed by atoms with Crippen LogP contribution in [0.25, 0.3) is 0 Å². The van der Waals surface area contributed by atoms with Gasteiger partial charge in [-0.3, -0.25) is 4.79 Å². The number of nitrogens with one attached hydrogen (secondary N) is 1. The number of amides is 1. The molecule has 0 spiro atoms. The number of benzene rings is 2. The fraction of sp³-hybridized carbons (Fsp3) is 0.176. The molecular formula is C17H17BN2O5. The van der Waals surface area contributed by atoms with Gasteiger partial charge >= 0.3 is 7.12 Å². The maximum absolute atomic E-state index is 11.8. The quantitative estimate of drug-likeness (QED) is 0.684. The Morgan fingerprint density at radius 2 is 1.84 bits per heavy atom. The average Bonchev–Trinajstić information content (AvgIpc) is 3.11. The normalized spacial score (nSPS) is 15.9. The number of rotatable bonds is 6. The van der Waals surface area contributed by atoms with Crippen LogP contribution >= 0.6 is 0 Å². The molecule has 3 rings (SSSR count). The van der Waals surface area contributed by atoms with Crippen molar-refractivity contribution in [3.8, 4) is 11.5 Å². The zero-order valence-corrected chi connectivity index (χ0v) is 13.3. The third-order valence-corrected chi connectivity index (χ3v) is 3.59. The Kier molecular flexibility index (Phi) is 5.32. The molecule has 0 bridgehead atoms. The molecule has 0 aromatic heterocycles. The van der Waals surface area contributed by atoms with Gasteiger partial charge in [-0.25, -0.2) is 0 Å². The number of hydrogen-bond acceptors (Lipinski definition) is 6. The van der Waals surface area contributed by atoms with Gasteiger partial charge in [0.05, 0.1) is 12.2 Å². The summed E-state index contributed by atoms with van der Waals surface area (Å²) in [6.45, 7) is 0. The number of carbonyl (C=O) groups is 1. The van der Waals surface area contributed by atoms with Crippen molar-refractivity contribution in [2.24, 2.45) is 5.16 Å². The highest BCUT2D eigenvalue weighted by Gasteiger charge is 2.29. The van der Waals surface area contributed by atoms with E-state index < -0.39 is 19.1 Å². The SMILES string of the molecule is O=C(NCB(O)O)C1CC(c2ccc(Oc3ccccc3)cc2)=NO1. The smallest absolute Gasteiger partial charge is 0.457 e. The first-order chi connectivity index (χ1) is 12.1.